The molecule has 0 aliphatic rings. The van der Waals surface area contributed by atoms with Gasteiger partial charge in [-0.25, -0.2) is 0 Å². The lowest BCUT2D eigenvalue weighted by molar-refractivity contribution is 0.995. The zero-order chi connectivity index (χ0) is 14.3. The zero-order valence-electron chi connectivity index (χ0n) is 11.4. The lowest BCUT2D eigenvalue weighted by Gasteiger charge is -2.01. The van der Waals surface area contributed by atoms with Crippen molar-refractivity contribution in [1.29, 1.82) is 0 Å². The first kappa shape index (κ1) is 14.1. The molecule has 3 aromatic rings. The quantitative estimate of drug-likeness (QED) is 0.683. The van der Waals surface area contributed by atoms with Gasteiger partial charge in [0, 0.05) is 12.3 Å². The maximum atomic E-state index is 4.21. The summed E-state index contributed by atoms with van der Waals surface area (Å²) in [5.41, 5.74) is 2.54. The van der Waals surface area contributed by atoms with Crippen LogP contribution in [-0.4, -0.2) is 10.2 Å². The average Bonchev–Trinajstić information content (AvgIpc) is 3.01. The van der Waals surface area contributed by atoms with Crippen molar-refractivity contribution in [2.45, 2.75) is 16.6 Å². The van der Waals surface area contributed by atoms with Crippen LogP contribution in [0.4, 0.5) is 5.13 Å². The van der Waals surface area contributed by atoms with Crippen molar-refractivity contribution >= 4 is 28.2 Å². The summed E-state index contributed by atoms with van der Waals surface area (Å²) >= 11 is 3.32. The summed E-state index contributed by atoms with van der Waals surface area (Å²) < 4.78 is 0.995. The van der Waals surface area contributed by atoms with Crippen LogP contribution in [-0.2, 0) is 12.3 Å². The van der Waals surface area contributed by atoms with E-state index in [0.717, 1.165) is 21.8 Å². The SMILES string of the molecule is c1ccc(CNc2nnc(SCc3ccccc3)s2)cc1. The molecule has 0 aliphatic heterocycles. The molecule has 0 bridgehead atoms. The van der Waals surface area contributed by atoms with Crippen LogP contribution < -0.4 is 5.32 Å². The molecule has 0 unspecified atom stereocenters. The van der Waals surface area contributed by atoms with Gasteiger partial charge in [0.15, 0.2) is 4.34 Å². The highest BCUT2D eigenvalue weighted by atomic mass is 32.2. The van der Waals surface area contributed by atoms with Gasteiger partial charge >= 0.3 is 0 Å². The third-order valence-electron chi connectivity index (χ3n) is 2.90. The first-order valence-corrected chi connectivity index (χ1v) is 8.48. The molecule has 0 amide bonds. The van der Waals surface area contributed by atoms with Crippen molar-refractivity contribution in [2.24, 2.45) is 0 Å². The first-order chi connectivity index (χ1) is 10.4. The molecule has 0 aliphatic carbocycles. The maximum absolute atomic E-state index is 4.21. The Kier molecular flexibility index (Phi) is 4.86. The largest absolute Gasteiger partial charge is 0.356 e. The average molecular weight is 313 g/mol. The maximum Gasteiger partial charge on any atom is 0.206 e. The fourth-order valence-electron chi connectivity index (χ4n) is 1.83. The van der Waals surface area contributed by atoms with Crippen molar-refractivity contribution in [2.75, 3.05) is 5.32 Å². The van der Waals surface area contributed by atoms with Crippen LogP contribution in [0, 0.1) is 0 Å². The normalized spacial score (nSPS) is 10.5. The molecule has 106 valence electrons. The smallest absolute Gasteiger partial charge is 0.206 e. The second kappa shape index (κ2) is 7.24. The summed E-state index contributed by atoms with van der Waals surface area (Å²) in [5, 5.41) is 12.6. The molecule has 21 heavy (non-hydrogen) atoms. The molecule has 1 heterocycles. The Morgan fingerprint density at radius 3 is 2.24 bits per heavy atom. The van der Waals surface area contributed by atoms with Crippen molar-refractivity contribution < 1.29 is 0 Å². The molecule has 1 N–H and O–H groups in total. The van der Waals surface area contributed by atoms with Gasteiger partial charge in [0.1, 0.15) is 0 Å². The standard InChI is InChI=1S/C16H15N3S2/c1-3-7-13(8-4-1)11-17-15-18-19-16(21-15)20-12-14-9-5-2-6-10-14/h1-10H,11-12H2,(H,17,18). The van der Waals surface area contributed by atoms with Crippen molar-refractivity contribution in [3.63, 3.8) is 0 Å². The summed E-state index contributed by atoms with van der Waals surface area (Å²) in [6.45, 7) is 0.777. The van der Waals surface area contributed by atoms with Crippen LogP contribution in [0.2, 0.25) is 0 Å². The Labute approximate surface area is 132 Å². The van der Waals surface area contributed by atoms with Crippen LogP contribution in [0.25, 0.3) is 0 Å². The van der Waals surface area contributed by atoms with Crippen LogP contribution in [0.5, 0.6) is 0 Å². The van der Waals surface area contributed by atoms with Crippen molar-refractivity contribution in [1.82, 2.24) is 10.2 Å². The minimum Gasteiger partial charge on any atom is -0.356 e. The second-order valence-corrected chi connectivity index (χ2v) is 6.69. The van der Waals surface area contributed by atoms with Gasteiger partial charge in [-0.2, -0.15) is 0 Å². The second-order valence-electron chi connectivity index (χ2n) is 4.49. The summed E-state index contributed by atoms with van der Waals surface area (Å²) in [4.78, 5) is 0. The Morgan fingerprint density at radius 2 is 1.52 bits per heavy atom. The van der Waals surface area contributed by atoms with Crippen LogP contribution in [0.3, 0.4) is 0 Å². The van der Waals surface area contributed by atoms with Gasteiger partial charge in [0.25, 0.3) is 0 Å². The van der Waals surface area contributed by atoms with Gasteiger partial charge < -0.3 is 5.32 Å². The van der Waals surface area contributed by atoms with E-state index in [1.807, 2.05) is 24.3 Å². The van der Waals surface area contributed by atoms with Crippen LogP contribution >= 0.6 is 23.1 Å². The van der Waals surface area contributed by atoms with Gasteiger partial charge in [-0.15, -0.1) is 10.2 Å². The Morgan fingerprint density at radius 1 is 0.857 bits per heavy atom. The van der Waals surface area contributed by atoms with Gasteiger partial charge in [0.05, 0.1) is 0 Å². The Balaban J connectivity index is 1.52. The molecule has 0 radical (unpaired) electrons. The highest BCUT2D eigenvalue weighted by Gasteiger charge is 2.04. The van der Waals surface area contributed by atoms with Crippen molar-refractivity contribution in [3.05, 3.63) is 71.8 Å². The molecule has 0 atom stereocenters. The van der Waals surface area contributed by atoms with Crippen molar-refractivity contribution in [3.8, 4) is 0 Å². The number of anilines is 1. The summed E-state index contributed by atoms with van der Waals surface area (Å²) in [7, 11) is 0. The van der Waals surface area contributed by atoms with E-state index in [1.165, 1.54) is 11.1 Å². The summed E-state index contributed by atoms with van der Waals surface area (Å²) in [6, 6.07) is 20.7. The van der Waals surface area contributed by atoms with E-state index >= 15 is 0 Å². The topological polar surface area (TPSA) is 37.8 Å². The highest BCUT2D eigenvalue weighted by molar-refractivity contribution is 8.00. The van der Waals surface area contributed by atoms with E-state index in [0.29, 0.717) is 0 Å². The van der Waals surface area contributed by atoms with E-state index in [-0.39, 0.29) is 0 Å². The van der Waals surface area contributed by atoms with Gasteiger partial charge in [-0.3, -0.25) is 0 Å². The molecule has 0 fully saturated rings. The minimum atomic E-state index is 0.777. The first-order valence-electron chi connectivity index (χ1n) is 6.68. The van der Waals surface area contributed by atoms with Crippen LogP contribution in [0.15, 0.2) is 65.0 Å². The van der Waals surface area contributed by atoms with E-state index in [9.17, 15) is 0 Å². The van der Waals surface area contributed by atoms with E-state index < -0.39 is 0 Å². The molecule has 1 aromatic heterocycles. The monoisotopic (exact) mass is 313 g/mol. The molecule has 5 heteroatoms. The summed E-state index contributed by atoms with van der Waals surface area (Å²) in [6.07, 6.45) is 0. The third-order valence-corrected chi connectivity index (χ3v) is 4.98. The van der Waals surface area contributed by atoms with Gasteiger partial charge in [-0.05, 0) is 11.1 Å². The molecule has 3 rings (SSSR count). The lowest BCUT2D eigenvalue weighted by atomic mass is 10.2. The number of hydrogen-bond acceptors (Lipinski definition) is 5. The Hall–Kier alpha value is -1.85. The number of aromatic nitrogens is 2. The van der Waals surface area contributed by atoms with E-state index in [1.54, 1.807) is 23.1 Å². The molecule has 0 saturated carbocycles. The predicted molar refractivity (Wildman–Crippen MR) is 89.7 cm³/mol. The zero-order valence-corrected chi connectivity index (χ0v) is 13.0. The van der Waals surface area contributed by atoms with E-state index in [4.69, 9.17) is 0 Å². The molecule has 2 aromatic carbocycles. The lowest BCUT2D eigenvalue weighted by Crippen LogP contribution is -1.98. The minimum absolute atomic E-state index is 0.777. The number of hydrogen-bond donors (Lipinski definition) is 1. The summed E-state index contributed by atoms with van der Waals surface area (Å²) in [5.74, 6) is 0.925. The molecule has 0 saturated heterocycles. The molecule has 3 nitrogen and oxygen atoms in total. The third kappa shape index (κ3) is 4.31. The van der Waals surface area contributed by atoms with E-state index in [2.05, 4.69) is 51.9 Å². The molecular formula is C16H15N3S2. The number of benzene rings is 2. The molecule has 0 spiro atoms. The predicted octanol–water partition coefficient (Wildman–Crippen LogP) is 4.44. The Bertz CT molecular complexity index is 610. The highest BCUT2D eigenvalue weighted by Crippen LogP contribution is 2.28. The number of nitrogens with one attached hydrogen (secondary N) is 1. The fourth-order valence-corrected chi connectivity index (χ4v) is 3.54. The van der Waals surface area contributed by atoms with Gasteiger partial charge in [0.2, 0.25) is 5.13 Å². The number of nitrogens with zero attached hydrogens (tertiary/aromatic N) is 2. The van der Waals surface area contributed by atoms with Gasteiger partial charge in [-0.1, -0.05) is 83.8 Å². The molecular weight excluding hydrogens is 298 g/mol. The number of rotatable bonds is 6. The fraction of sp³-hybridized carbons (Fsp3) is 0.125. The number of thioether (sulfide) groups is 1. The van der Waals surface area contributed by atoms with Crippen LogP contribution in [0.1, 0.15) is 11.1 Å².